The molecule has 1 aliphatic heterocycles. The maximum Gasteiger partial charge on any atom is 0.410 e. The summed E-state index contributed by atoms with van der Waals surface area (Å²) in [7, 11) is 0. The summed E-state index contributed by atoms with van der Waals surface area (Å²) in [4.78, 5) is 31.5. The number of carbonyl (C=O) groups excluding carboxylic acids is 1. The smallest absolute Gasteiger partial charge is 0.410 e. The Morgan fingerprint density at radius 3 is 2.39 bits per heavy atom. The van der Waals surface area contributed by atoms with Gasteiger partial charge in [0.15, 0.2) is 11.4 Å². The van der Waals surface area contributed by atoms with Crippen molar-refractivity contribution in [2.75, 3.05) is 18.0 Å². The van der Waals surface area contributed by atoms with Crippen molar-refractivity contribution in [3.63, 3.8) is 0 Å². The van der Waals surface area contributed by atoms with E-state index in [1.165, 1.54) is 6.07 Å². The van der Waals surface area contributed by atoms with E-state index in [4.69, 9.17) is 9.15 Å². The first-order valence-electron chi connectivity index (χ1n) is 9.06. The number of nitrogens with zero attached hydrogens (tertiary/aromatic N) is 3. The maximum absolute atomic E-state index is 14.1. The minimum Gasteiger partial charge on any atom is -0.478 e. The minimum atomic E-state index is -1.21. The number of fused-ring (bicyclic) bond motifs is 1. The first-order valence-corrected chi connectivity index (χ1v) is 9.06. The molecule has 152 valence electrons. The van der Waals surface area contributed by atoms with Crippen molar-refractivity contribution in [2.45, 2.75) is 52.3 Å². The van der Waals surface area contributed by atoms with Crippen LogP contribution in [0, 0.1) is 5.82 Å². The molecule has 8 nitrogen and oxygen atoms in total. The number of amides is 1. The number of benzene rings is 1. The first-order chi connectivity index (χ1) is 13.0. The SMILES string of the molecule is CC1CN(C(=O)OC(C)(C)C)CC(C)N1c1nc2c(C(=O)O)ccc(F)c2o1. The fourth-order valence-corrected chi connectivity index (χ4v) is 3.42. The Hall–Kier alpha value is -2.84. The van der Waals surface area contributed by atoms with E-state index in [0.29, 0.717) is 13.1 Å². The lowest BCUT2D eigenvalue weighted by Crippen LogP contribution is -2.59. The lowest BCUT2D eigenvalue weighted by Gasteiger charge is -2.43. The van der Waals surface area contributed by atoms with Crippen LogP contribution in [0.4, 0.5) is 15.2 Å². The summed E-state index contributed by atoms with van der Waals surface area (Å²) >= 11 is 0. The number of carboxylic acids is 1. The number of oxazole rings is 1. The number of piperazine rings is 1. The van der Waals surface area contributed by atoms with E-state index in [2.05, 4.69) is 4.98 Å². The molecule has 1 saturated heterocycles. The second kappa shape index (κ2) is 6.96. The average Bonchev–Trinajstić information content (AvgIpc) is 2.98. The first kappa shape index (κ1) is 19.9. The molecule has 2 atom stereocenters. The predicted molar refractivity (Wildman–Crippen MR) is 100 cm³/mol. The van der Waals surface area contributed by atoms with Crippen LogP contribution in [0.15, 0.2) is 16.5 Å². The van der Waals surface area contributed by atoms with E-state index < -0.39 is 23.5 Å². The molecule has 1 aromatic carbocycles. The minimum absolute atomic E-state index is 0.0310. The van der Waals surface area contributed by atoms with Crippen LogP contribution in [-0.4, -0.2) is 57.8 Å². The van der Waals surface area contributed by atoms with Gasteiger partial charge in [-0.05, 0) is 46.8 Å². The molecular weight excluding hydrogens is 369 g/mol. The standard InChI is InChI=1S/C19H24FN3O5/c1-10-8-22(18(26)28-19(3,4)5)9-11(2)23(10)17-21-14-12(16(24)25)6-7-13(20)15(14)27-17/h6-7,10-11H,8-9H2,1-5H3,(H,24,25). The summed E-state index contributed by atoms with van der Waals surface area (Å²) in [6.07, 6.45) is -0.400. The highest BCUT2D eigenvalue weighted by molar-refractivity contribution is 6.00. The zero-order valence-electron chi connectivity index (χ0n) is 16.5. The van der Waals surface area contributed by atoms with Crippen LogP contribution >= 0.6 is 0 Å². The lowest BCUT2D eigenvalue weighted by molar-refractivity contribution is 0.0189. The van der Waals surface area contributed by atoms with Crippen molar-refractivity contribution < 1.29 is 28.2 Å². The van der Waals surface area contributed by atoms with E-state index in [0.717, 1.165) is 6.07 Å². The number of carbonyl (C=O) groups is 2. The summed E-state index contributed by atoms with van der Waals surface area (Å²) < 4.78 is 25.1. The van der Waals surface area contributed by atoms with Gasteiger partial charge in [-0.3, -0.25) is 0 Å². The highest BCUT2D eigenvalue weighted by atomic mass is 19.1. The number of halogens is 1. The van der Waals surface area contributed by atoms with Crippen LogP contribution in [0.5, 0.6) is 0 Å². The van der Waals surface area contributed by atoms with Gasteiger partial charge in [-0.1, -0.05) is 0 Å². The summed E-state index contributed by atoms with van der Waals surface area (Å²) in [6.45, 7) is 9.92. The summed E-state index contributed by atoms with van der Waals surface area (Å²) in [5, 5.41) is 9.31. The van der Waals surface area contributed by atoms with Gasteiger partial charge in [0.25, 0.3) is 6.01 Å². The fraction of sp³-hybridized carbons (Fsp3) is 0.526. The summed E-state index contributed by atoms with van der Waals surface area (Å²) in [5.41, 5.74) is -0.939. The number of anilines is 1. The molecular formula is C19H24FN3O5. The van der Waals surface area contributed by atoms with Crippen LogP contribution in [0.3, 0.4) is 0 Å². The van der Waals surface area contributed by atoms with Gasteiger partial charge in [-0.15, -0.1) is 0 Å². The summed E-state index contributed by atoms with van der Waals surface area (Å²) in [6, 6.07) is 1.96. The predicted octanol–water partition coefficient (Wildman–Crippen LogP) is 3.50. The molecule has 2 unspecified atom stereocenters. The molecule has 28 heavy (non-hydrogen) atoms. The highest BCUT2D eigenvalue weighted by Gasteiger charge is 2.36. The van der Waals surface area contributed by atoms with Crippen LogP contribution in [0.25, 0.3) is 11.1 Å². The van der Waals surface area contributed by atoms with Gasteiger partial charge in [0.05, 0.1) is 5.56 Å². The van der Waals surface area contributed by atoms with E-state index in [9.17, 15) is 19.1 Å². The molecule has 2 aromatic rings. The van der Waals surface area contributed by atoms with Gasteiger partial charge >= 0.3 is 12.1 Å². The topological polar surface area (TPSA) is 96.1 Å². The van der Waals surface area contributed by atoms with Crippen molar-refractivity contribution in [1.82, 2.24) is 9.88 Å². The van der Waals surface area contributed by atoms with E-state index >= 15 is 0 Å². The van der Waals surface area contributed by atoms with Crippen molar-refractivity contribution in [2.24, 2.45) is 0 Å². The van der Waals surface area contributed by atoms with E-state index in [1.807, 2.05) is 18.7 Å². The zero-order chi connectivity index (χ0) is 20.8. The van der Waals surface area contributed by atoms with Gasteiger partial charge < -0.3 is 24.1 Å². The van der Waals surface area contributed by atoms with Crippen molar-refractivity contribution in [1.29, 1.82) is 0 Å². The normalized spacial score (nSPS) is 20.5. The Bertz CT molecular complexity index is 908. The Balaban J connectivity index is 1.89. The molecule has 0 spiro atoms. The Labute approximate surface area is 161 Å². The van der Waals surface area contributed by atoms with E-state index in [1.54, 1.807) is 25.7 Å². The van der Waals surface area contributed by atoms with Crippen molar-refractivity contribution in [3.8, 4) is 0 Å². The second-order valence-corrected chi connectivity index (χ2v) is 8.06. The number of aromatic nitrogens is 1. The van der Waals surface area contributed by atoms with Gasteiger partial charge in [-0.25, -0.2) is 14.0 Å². The highest BCUT2D eigenvalue weighted by Crippen LogP contribution is 2.31. The molecule has 1 aliphatic rings. The third kappa shape index (κ3) is 3.74. The number of ether oxygens (including phenoxy) is 1. The third-order valence-corrected chi connectivity index (χ3v) is 4.51. The molecule has 2 heterocycles. The molecule has 0 aliphatic carbocycles. The van der Waals surface area contributed by atoms with Crippen LogP contribution in [0.2, 0.25) is 0 Å². The number of aromatic carboxylic acids is 1. The van der Waals surface area contributed by atoms with Gasteiger partial charge in [0.2, 0.25) is 0 Å². The average molecular weight is 393 g/mol. The zero-order valence-corrected chi connectivity index (χ0v) is 16.5. The molecule has 9 heteroatoms. The molecule has 1 fully saturated rings. The number of carboxylic acid groups (broad SMARTS) is 1. The Morgan fingerprint density at radius 1 is 1.25 bits per heavy atom. The largest absolute Gasteiger partial charge is 0.478 e. The molecule has 1 aromatic heterocycles. The Kier molecular flexibility index (Phi) is 4.95. The van der Waals surface area contributed by atoms with E-state index in [-0.39, 0.29) is 34.8 Å². The lowest BCUT2D eigenvalue weighted by atomic mass is 10.1. The van der Waals surface area contributed by atoms with Crippen LogP contribution < -0.4 is 4.90 Å². The summed E-state index contributed by atoms with van der Waals surface area (Å²) in [5.74, 6) is -1.88. The van der Waals surface area contributed by atoms with Gasteiger partial charge in [0.1, 0.15) is 11.1 Å². The second-order valence-electron chi connectivity index (χ2n) is 8.06. The van der Waals surface area contributed by atoms with Crippen LogP contribution in [0.1, 0.15) is 45.0 Å². The van der Waals surface area contributed by atoms with Crippen molar-refractivity contribution >= 4 is 29.2 Å². The Morgan fingerprint density at radius 2 is 1.86 bits per heavy atom. The molecule has 1 N–H and O–H groups in total. The molecule has 0 radical (unpaired) electrons. The third-order valence-electron chi connectivity index (χ3n) is 4.51. The van der Waals surface area contributed by atoms with Crippen LogP contribution in [-0.2, 0) is 4.74 Å². The van der Waals surface area contributed by atoms with Gasteiger partial charge in [-0.2, -0.15) is 4.98 Å². The molecule has 1 amide bonds. The molecule has 0 saturated carbocycles. The molecule has 0 bridgehead atoms. The monoisotopic (exact) mass is 393 g/mol. The maximum atomic E-state index is 14.1. The van der Waals surface area contributed by atoms with Crippen molar-refractivity contribution in [3.05, 3.63) is 23.5 Å². The number of rotatable bonds is 2. The quantitative estimate of drug-likeness (QED) is 0.834. The van der Waals surface area contributed by atoms with Gasteiger partial charge in [0, 0.05) is 25.2 Å². The number of hydrogen-bond donors (Lipinski definition) is 1. The fourth-order valence-electron chi connectivity index (χ4n) is 3.42. The molecule has 3 rings (SSSR count). The number of hydrogen-bond acceptors (Lipinski definition) is 6.